The molecule has 5 nitrogen and oxygen atoms in total. The van der Waals surface area contributed by atoms with Gasteiger partial charge in [0.05, 0.1) is 0 Å². The molecule has 0 unspecified atom stereocenters. The summed E-state index contributed by atoms with van der Waals surface area (Å²) >= 11 is 0. The lowest BCUT2D eigenvalue weighted by atomic mass is 10.1. The maximum absolute atomic E-state index is 11.7. The lowest BCUT2D eigenvalue weighted by Gasteiger charge is -2.26. The second-order valence-corrected chi connectivity index (χ2v) is 3.95. The maximum Gasteiger partial charge on any atom is 0.316 e. The first-order valence-electron chi connectivity index (χ1n) is 5.79. The molecule has 94 valence electrons. The number of carbonyl (C=O) groups is 2. The van der Waals surface area contributed by atoms with E-state index in [0.717, 1.165) is 11.3 Å². The van der Waals surface area contributed by atoms with Crippen molar-refractivity contribution in [3.63, 3.8) is 0 Å². The average molecular weight is 245 g/mol. The Morgan fingerprint density at radius 2 is 2.22 bits per heavy atom. The summed E-state index contributed by atoms with van der Waals surface area (Å²) in [5, 5.41) is 2.52. The first kappa shape index (κ1) is 12.3. The molecule has 2 rings (SSSR count). The minimum absolute atomic E-state index is 0.468. The van der Waals surface area contributed by atoms with Crippen molar-refractivity contribution in [3.05, 3.63) is 35.9 Å². The van der Waals surface area contributed by atoms with Crippen LogP contribution in [0.5, 0.6) is 0 Å². The second-order valence-electron chi connectivity index (χ2n) is 3.95. The first-order chi connectivity index (χ1) is 8.72. The van der Waals surface area contributed by atoms with Gasteiger partial charge in [-0.15, -0.1) is 0 Å². The highest BCUT2D eigenvalue weighted by Crippen LogP contribution is 2.18. The van der Waals surface area contributed by atoms with Gasteiger partial charge < -0.3 is 16.0 Å². The summed E-state index contributed by atoms with van der Waals surface area (Å²) < 4.78 is 0. The van der Waals surface area contributed by atoms with Gasteiger partial charge in [-0.1, -0.05) is 24.3 Å². The standard InChI is InChI=1S/C13H15N3O2/c14-6-2-4-10-3-1-5-11(9-10)16-8-7-15-12(17)13(16)18/h1-5,9H,6-8,14H2,(H,15,17)/b4-2+. The van der Waals surface area contributed by atoms with Crippen molar-refractivity contribution in [2.45, 2.75) is 0 Å². The predicted octanol–water partition coefficient (Wildman–Crippen LogP) is 0.121. The molecular weight excluding hydrogens is 230 g/mol. The zero-order valence-electron chi connectivity index (χ0n) is 9.93. The van der Waals surface area contributed by atoms with Crippen LogP contribution in [-0.4, -0.2) is 31.4 Å². The van der Waals surface area contributed by atoms with E-state index in [1.165, 1.54) is 4.90 Å². The number of anilines is 1. The predicted molar refractivity (Wildman–Crippen MR) is 69.9 cm³/mol. The molecule has 1 heterocycles. The zero-order valence-corrected chi connectivity index (χ0v) is 9.93. The van der Waals surface area contributed by atoms with Gasteiger partial charge in [0.25, 0.3) is 0 Å². The third kappa shape index (κ3) is 2.57. The Kier molecular flexibility index (Phi) is 3.74. The molecule has 0 atom stereocenters. The quantitative estimate of drug-likeness (QED) is 0.743. The molecule has 0 radical (unpaired) electrons. The van der Waals surface area contributed by atoms with E-state index in [4.69, 9.17) is 5.73 Å². The Morgan fingerprint density at radius 3 is 3.00 bits per heavy atom. The maximum atomic E-state index is 11.7. The van der Waals surface area contributed by atoms with Gasteiger partial charge in [-0.05, 0) is 17.7 Å². The van der Waals surface area contributed by atoms with Crippen molar-refractivity contribution in [1.29, 1.82) is 0 Å². The van der Waals surface area contributed by atoms with E-state index >= 15 is 0 Å². The minimum atomic E-state index is -0.552. The van der Waals surface area contributed by atoms with Gasteiger partial charge in [-0.2, -0.15) is 0 Å². The number of amides is 2. The number of piperazine rings is 1. The molecular formula is C13H15N3O2. The molecule has 1 aliphatic rings. The Hall–Kier alpha value is -2.14. The fraction of sp³-hybridized carbons (Fsp3) is 0.231. The first-order valence-corrected chi connectivity index (χ1v) is 5.79. The number of nitrogens with zero attached hydrogens (tertiary/aromatic N) is 1. The molecule has 0 saturated carbocycles. The van der Waals surface area contributed by atoms with Gasteiger partial charge in [-0.25, -0.2) is 0 Å². The number of hydrogen-bond donors (Lipinski definition) is 2. The minimum Gasteiger partial charge on any atom is -0.346 e. The molecule has 1 aliphatic heterocycles. The Morgan fingerprint density at radius 1 is 1.39 bits per heavy atom. The monoisotopic (exact) mass is 245 g/mol. The van der Waals surface area contributed by atoms with Crippen LogP contribution in [0.4, 0.5) is 5.69 Å². The molecule has 18 heavy (non-hydrogen) atoms. The Labute approximate surface area is 105 Å². The van der Waals surface area contributed by atoms with Crippen LogP contribution in [0.1, 0.15) is 5.56 Å². The van der Waals surface area contributed by atoms with Crippen molar-refractivity contribution in [3.8, 4) is 0 Å². The van der Waals surface area contributed by atoms with Gasteiger partial charge >= 0.3 is 11.8 Å². The number of rotatable bonds is 3. The molecule has 0 aliphatic carbocycles. The zero-order chi connectivity index (χ0) is 13.0. The third-order valence-electron chi connectivity index (χ3n) is 2.69. The van der Waals surface area contributed by atoms with Crippen LogP contribution in [0.15, 0.2) is 30.3 Å². The number of benzene rings is 1. The Bertz CT molecular complexity index is 497. The molecule has 1 fully saturated rings. The van der Waals surface area contributed by atoms with Crippen molar-refractivity contribution >= 4 is 23.6 Å². The van der Waals surface area contributed by atoms with Gasteiger partial charge in [0.15, 0.2) is 0 Å². The summed E-state index contributed by atoms with van der Waals surface area (Å²) in [4.78, 5) is 24.5. The van der Waals surface area contributed by atoms with E-state index in [-0.39, 0.29) is 0 Å². The summed E-state index contributed by atoms with van der Waals surface area (Å²) in [6, 6.07) is 7.45. The largest absolute Gasteiger partial charge is 0.346 e. The molecule has 2 amide bonds. The van der Waals surface area contributed by atoms with Gasteiger partial charge in [-0.3, -0.25) is 9.59 Å². The number of hydrogen-bond acceptors (Lipinski definition) is 3. The smallest absolute Gasteiger partial charge is 0.316 e. The van der Waals surface area contributed by atoms with Crippen molar-refractivity contribution < 1.29 is 9.59 Å². The van der Waals surface area contributed by atoms with Gasteiger partial charge in [0.1, 0.15) is 0 Å². The summed E-state index contributed by atoms with van der Waals surface area (Å²) in [5.74, 6) is -1.06. The molecule has 3 N–H and O–H groups in total. The fourth-order valence-corrected chi connectivity index (χ4v) is 1.83. The molecule has 0 spiro atoms. The van der Waals surface area contributed by atoms with Crippen LogP contribution in [0, 0.1) is 0 Å². The second kappa shape index (κ2) is 5.46. The van der Waals surface area contributed by atoms with Crippen LogP contribution < -0.4 is 16.0 Å². The lowest BCUT2D eigenvalue weighted by molar-refractivity contribution is -0.138. The average Bonchev–Trinajstić information content (AvgIpc) is 2.40. The van der Waals surface area contributed by atoms with Crippen molar-refractivity contribution in [2.75, 3.05) is 24.5 Å². The third-order valence-corrected chi connectivity index (χ3v) is 2.69. The van der Waals surface area contributed by atoms with Crippen molar-refractivity contribution in [2.24, 2.45) is 5.73 Å². The summed E-state index contributed by atoms with van der Waals surface area (Å²) in [7, 11) is 0. The van der Waals surface area contributed by atoms with Gasteiger partial charge in [0.2, 0.25) is 0 Å². The lowest BCUT2D eigenvalue weighted by Crippen LogP contribution is -2.52. The van der Waals surface area contributed by atoms with Crippen LogP contribution in [-0.2, 0) is 9.59 Å². The topological polar surface area (TPSA) is 75.4 Å². The highest BCUT2D eigenvalue weighted by atomic mass is 16.2. The normalized spacial score (nSPS) is 16.2. The molecule has 1 saturated heterocycles. The van der Waals surface area contributed by atoms with E-state index in [2.05, 4.69) is 5.32 Å². The SMILES string of the molecule is NC/C=C/c1cccc(N2CCNC(=O)C2=O)c1. The fourth-order valence-electron chi connectivity index (χ4n) is 1.83. The van der Waals surface area contributed by atoms with E-state index in [1.807, 2.05) is 36.4 Å². The van der Waals surface area contributed by atoms with E-state index in [0.29, 0.717) is 19.6 Å². The van der Waals surface area contributed by atoms with Crippen LogP contribution in [0.3, 0.4) is 0 Å². The van der Waals surface area contributed by atoms with E-state index in [1.54, 1.807) is 0 Å². The highest BCUT2D eigenvalue weighted by molar-refractivity contribution is 6.41. The molecule has 0 aromatic heterocycles. The Balaban J connectivity index is 2.24. The number of carbonyl (C=O) groups excluding carboxylic acids is 2. The van der Waals surface area contributed by atoms with E-state index < -0.39 is 11.8 Å². The summed E-state index contributed by atoms with van der Waals surface area (Å²) in [6.45, 7) is 1.44. The molecule has 5 heteroatoms. The highest BCUT2D eigenvalue weighted by Gasteiger charge is 2.26. The van der Waals surface area contributed by atoms with Gasteiger partial charge in [0, 0.05) is 25.3 Å². The molecule has 1 aromatic carbocycles. The van der Waals surface area contributed by atoms with E-state index in [9.17, 15) is 9.59 Å². The van der Waals surface area contributed by atoms with Crippen LogP contribution in [0.25, 0.3) is 6.08 Å². The van der Waals surface area contributed by atoms with Crippen LogP contribution in [0.2, 0.25) is 0 Å². The van der Waals surface area contributed by atoms with Crippen molar-refractivity contribution in [1.82, 2.24) is 5.32 Å². The number of nitrogens with two attached hydrogens (primary N) is 1. The molecule has 1 aromatic rings. The summed E-state index contributed by atoms with van der Waals surface area (Å²) in [5.41, 5.74) is 7.08. The molecule has 0 bridgehead atoms. The number of nitrogens with one attached hydrogen (secondary N) is 1. The van der Waals surface area contributed by atoms with Crippen LogP contribution >= 0.6 is 0 Å². The summed E-state index contributed by atoms with van der Waals surface area (Å²) in [6.07, 6.45) is 3.72.